The molecule has 1 saturated carbocycles. The average molecular weight is 235 g/mol. The smallest absolute Gasteiger partial charge is 0.0514 e. The van der Waals surface area contributed by atoms with E-state index in [1.54, 1.807) is 0 Å². The van der Waals surface area contributed by atoms with Crippen LogP contribution in [0, 0.1) is 17.8 Å². The monoisotopic (exact) mass is 235 g/mol. The van der Waals surface area contributed by atoms with Gasteiger partial charge < -0.3 is 0 Å². The fraction of sp³-hybridized carbons (Fsp3) is 0.857. The van der Waals surface area contributed by atoms with E-state index in [-0.39, 0.29) is 0 Å². The Labute approximate surface area is 105 Å². The lowest BCUT2D eigenvalue weighted by molar-refractivity contribution is 0.169. The lowest BCUT2D eigenvalue weighted by Gasteiger charge is -2.18. The molecule has 96 valence electrons. The highest BCUT2D eigenvalue weighted by atomic mass is 15.8. The van der Waals surface area contributed by atoms with Gasteiger partial charge in [-0.3, -0.25) is 10.0 Å². The van der Waals surface area contributed by atoms with E-state index >= 15 is 0 Å². The number of nitrogens with one attached hydrogen (secondary N) is 1. The Kier molecular flexibility index (Phi) is 2.81. The first kappa shape index (κ1) is 11.4. The van der Waals surface area contributed by atoms with Crippen molar-refractivity contribution in [3.05, 3.63) is 11.4 Å². The molecule has 1 N–H and O–H groups in total. The Hall–Kier alpha value is -0.700. The van der Waals surface area contributed by atoms with Crippen molar-refractivity contribution in [1.82, 2.24) is 15.6 Å². The number of rotatable bonds is 0. The van der Waals surface area contributed by atoms with E-state index in [4.69, 9.17) is 0 Å². The van der Waals surface area contributed by atoms with Crippen LogP contribution in [0.5, 0.6) is 0 Å². The van der Waals surface area contributed by atoms with Crippen LogP contribution in [0.3, 0.4) is 0 Å². The molecule has 2 unspecified atom stereocenters. The van der Waals surface area contributed by atoms with Crippen LogP contribution in [0.15, 0.2) is 11.4 Å². The van der Waals surface area contributed by atoms with Gasteiger partial charge in [-0.25, -0.2) is 0 Å². The molecule has 1 heterocycles. The van der Waals surface area contributed by atoms with Gasteiger partial charge in [-0.15, -0.1) is 5.53 Å². The van der Waals surface area contributed by atoms with Gasteiger partial charge in [0.15, 0.2) is 0 Å². The van der Waals surface area contributed by atoms with Gasteiger partial charge >= 0.3 is 0 Å². The minimum atomic E-state index is 1.01. The first-order valence-electron chi connectivity index (χ1n) is 7.14. The summed E-state index contributed by atoms with van der Waals surface area (Å²) < 4.78 is 0. The molecule has 3 atom stereocenters. The largest absolute Gasteiger partial charge is 0.296 e. The van der Waals surface area contributed by atoms with E-state index < -0.39 is 0 Å². The quantitative estimate of drug-likeness (QED) is 0.696. The molecule has 3 aliphatic rings. The first-order valence-corrected chi connectivity index (χ1v) is 7.14. The molecular formula is C14H25N3. The lowest BCUT2D eigenvalue weighted by atomic mass is 10.0. The highest BCUT2D eigenvalue weighted by Crippen LogP contribution is 2.52. The molecule has 0 spiro atoms. The molecule has 0 bridgehead atoms. The molecule has 0 amide bonds. The minimum Gasteiger partial charge on any atom is -0.296 e. The number of nitrogens with zero attached hydrogens (tertiary/aromatic N) is 2. The summed E-state index contributed by atoms with van der Waals surface area (Å²) in [5.41, 5.74) is 6.43. The van der Waals surface area contributed by atoms with Crippen molar-refractivity contribution in [2.45, 2.75) is 45.4 Å². The molecule has 0 radical (unpaired) electrons. The second kappa shape index (κ2) is 4.20. The van der Waals surface area contributed by atoms with Crippen molar-refractivity contribution in [3.63, 3.8) is 0 Å². The van der Waals surface area contributed by atoms with Gasteiger partial charge in [0.05, 0.1) is 11.4 Å². The summed E-state index contributed by atoms with van der Waals surface area (Å²) in [6.45, 7) is 2.45. The minimum absolute atomic E-state index is 1.01. The van der Waals surface area contributed by atoms with Gasteiger partial charge in [-0.2, -0.15) is 0 Å². The molecule has 1 fully saturated rings. The van der Waals surface area contributed by atoms with Crippen LogP contribution in [-0.4, -0.2) is 24.1 Å². The molecular weight excluding hydrogens is 210 g/mol. The zero-order valence-electron chi connectivity index (χ0n) is 11.4. The second-order valence-corrected chi connectivity index (χ2v) is 6.08. The van der Waals surface area contributed by atoms with Crippen LogP contribution in [0.25, 0.3) is 0 Å². The van der Waals surface area contributed by atoms with Crippen LogP contribution in [-0.2, 0) is 0 Å². The third-order valence-electron chi connectivity index (χ3n) is 5.10. The number of hydrazine groups is 2. The predicted molar refractivity (Wildman–Crippen MR) is 69.5 cm³/mol. The van der Waals surface area contributed by atoms with Gasteiger partial charge in [0.25, 0.3) is 0 Å². The van der Waals surface area contributed by atoms with Crippen LogP contribution >= 0.6 is 0 Å². The summed E-state index contributed by atoms with van der Waals surface area (Å²) >= 11 is 0. The van der Waals surface area contributed by atoms with Crippen molar-refractivity contribution in [2.75, 3.05) is 14.1 Å². The standard InChI is InChI=1S/C14H25N3/c1-10-11-6-4-8-13-14(9-5-7-12(10)11)17(3)15-16(13)2/h10-12,15H,4-9H2,1-3H3/t10?,11-,12?/m1/s1. The van der Waals surface area contributed by atoms with E-state index in [1.165, 1.54) is 49.9 Å². The maximum atomic E-state index is 3.38. The summed E-state index contributed by atoms with van der Waals surface area (Å²) in [7, 11) is 4.29. The predicted octanol–water partition coefficient (Wildman–Crippen LogP) is 2.73. The van der Waals surface area contributed by atoms with Gasteiger partial charge in [-0.05, 0) is 56.3 Å². The van der Waals surface area contributed by atoms with E-state index in [0.717, 1.165) is 17.8 Å². The van der Waals surface area contributed by atoms with Gasteiger partial charge in [0.2, 0.25) is 0 Å². The van der Waals surface area contributed by atoms with Crippen LogP contribution in [0.4, 0.5) is 0 Å². The molecule has 1 aliphatic heterocycles. The molecule has 0 aromatic heterocycles. The molecule has 0 aromatic rings. The lowest BCUT2D eigenvalue weighted by Crippen LogP contribution is -2.36. The number of hydrogen-bond acceptors (Lipinski definition) is 3. The third-order valence-corrected chi connectivity index (χ3v) is 5.10. The Morgan fingerprint density at radius 2 is 1.41 bits per heavy atom. The van der Waals surface area contributed by atoms with E-state index in [0.29, 0.717) is 0 Å². The molecule has 3 rings (SSSR count). The zero-order chi connectivity index (χ0) is 12.0. The average Bonchev–Trinajstić information content (AvgIpc) is 2.82. The number of allylic oxidation sites excluding steroid dienone is 2. The van der Waals surface area contributed by atoms with Crippen molar-refractivity contribution in [2.24, 2.45) is 17.8 Å². The second-order valence-electron chi connectivity index (χ2n) is 6.08. The summed E-state index contributed by atoms with van der Waals surface area (Å²) in [5, 5.41) is 4.43. The topological polar surface area (TPSA) is 18.5 Å². The SMILES string of the molecule is CC1C2CCCC3=C(CCC[C@H]12)N(C)NN3C. The molecule has 0 saturated heterocycles. The van der Waals surface area contributed by atoms with E-state index in [9.17, 15) is 0 Å². The van der Waals surface area contributed by atoms with Gasteiger partial charge in [-0.1, -0.05) is 6.92 Å². The summed E-state index contributed by atoms with van der Waals surface area (Å²) in [6, 6.07) is 0. The highest BCUT2D eigenvalue weighted by Gasteiger charge is 2.45. The third kappa shape index (κ3) is 1.95. The summed E-state index contributed by atoms with van der Waals surface area (Å²) in [5.74, 6) is 3.11. The van der Waals surface area contributed by atoms with Crippen molar-refractivity contribution in [1.29, 1.82) is 0 Å². The van der Waals surface area contributed by atoms with E-state index in [2.05, 4.69) is 36.6 Å². The highest BCUT2D eigenvalue weighted by molar-refractivity contribution is 5.15. The Bertz CT molecular complexity index is 306. The van der Waals surface area contributed by atoms with Gasteiger partial charge in [0.1, 0.15) is 0 Å². The molecule has 17 heavy (non-hydrogen) atoms. The molecule has 3 heteroatoms. The Morgan fingerprint density at radius 3 is 1.88 bits per heavy atom. The maximum Gasteiger partial charge on any atom is 0.0514 e. The van der Waals surface area contributed by atoms with Crippen molar-refractivity contribution >= 4 is 0 Å². The summed E-state index contributed by atoms with van der Waals surface area (Å²) in [6.07, 6.45) is 8.12. The first-order chi connectivity index (χ1) is 8.18. The Balaban J connectivity index is 1.72. The van der Waals surface area contributed by atoms with Crippen LogP contribution < -0.4 is 5.53 Å². The van der Waals surface area contributed by atoms with Crippen LogP contribution in [0.2, 0.25) is 0 Å². The molecule has 3 nitrogen and oxygen atoms in total. The zero-order valence-corrected chi connectivity index (χ0v) is 11.4. The molecule has 0 aromatic carbocycles. The van der Waals surface area contributed by atoms with Crippen molar-refractivity contribution < 1.29 is 0 Å². The van der Waals surface area contributed by atoms with Gasteiger partial charge in [0, 0.05) is 14.1 Å². The maximum absolute atomic E-state index is 3.38. The van der Waals surface area contributed by atoms with E-state index in [1.807, 2.05) is 0 Å². The molecule has 2 aliphatic carbocycles. The van der Waals surface area contributed by atoms with Crippen molar-refractivity contribution in [3.8, 4) is 0 Å². The number of hydrogen-bond donors (Lipinski definition) is 1. The number of fused-ring (bicyclic) bond motifs is 1. The fourth-order valence-electron chi connectivity index (χ4n) is 3.96. The Morgan fingerprint density at radius 1 is 0.941 bits per heavy atom. The van der Waals surface area contributed by atoms with Crippen LogP contribution in [0.1, 0.15) is 45.4 Å². The fourth-order valence-corrected chi connectivity index (χ4v) is 3.96. The normalized spacial score (nSPS) is 37.9. The summed E-state index contributed by atoms with van der Waals surface area (Å²) in [4.78, 5) is 0.